The molecule has 0 spiro atoms. The fraction of sp³-hybridized carbons (Fsp3) is 0.833. The van der Waals surface area contributed by atoms with Crippen LogP contribution in [-0.4, -0.2) is 30.5 Å². The molecule has 0 saturated carbocycles. The Hall–Kier alpha value is -0.220. The third-order valence-electron chi connectivity index (χ3n) is 1.13. The van der Waals surface area contributed by atoms with E-state index in [1.54, 1.807) is 11.8 Å². The number of rotatable bonds is 5. The maximum Gasteiger partial charge on any atom is 0.231 e. The van der Waals surface area contributed by atoms with Gasteiger partial charge >= 0.3 is 0 Å². The van der Waals surface area contributed by atoms with Crippen molar-refractivity contribution in [2.75, 3.05) is 19.3 Å². The summed E-state index contributed by atoms with van der Waals surface area (Å²) in [5.74, 6) is -0.298. The van der Waals surface area contributed by atoms with E-state index in [4.69, 9.17) is 5.73 Å². The zero-order valence-corrected chi connectivity index (χ0v) is 7.20. The molecule has 0 bridgehead atoms. The second-order valence-corrected chi connectivity index (χ2v) is 3.42. The van der Waals surface area contributed by atoms with Crippen molar-refractivity contribution in [1.82, 2.24) is 5.32 Å². The fourth-order valence-corrected chi connectivity index (χ4v) is 0.766. The predicted molar refractivity (Wildman–Crippen MR) is 45.0 cm³/mol. The van der Waals surface area contributed by atoms with Gasteiger partial charge in [0.25, 0.3) is 0 Å². The van der Waals surface area contributed by atoms with E-state index < -0.39 is 0 Å². The van der Waals surface area contributed by atoms with Gasteiger partial charge in [0, 0.05) is 11.8 Å². The average molecular weight is 162 g/mol. The van der Waals surface area contributed by atoms with Crippen molar-refractivity contribution in [3.05, 3.63) is 0 Å². The molecule has 10 heavy (non-hydrogen) atoms. The molecule has 1 amide bonds. The van der Waals surface area contributed by atoms with E-state index in [9.17, 15) is 4.79 Å². The van der Waals surface area contributed by atoms with Gasteiger partial charge in [-0.1, -0.05) is 6.92 Å². The molecular formula is C6H14N2OS. The van der Waals surface area contributed by atoms with Gasteiger partial charge in [-0.25, -0.2) is 0 Å². The highest BCUT2D eigenvalue weighted by atomic mass is 32.2. The Morgan fingerprint density at radius 1 is 1.80 bits per heavy atom. The number of hydrogen-bond donors (Lipinski definition) is 2. The molecule has 0 fully saturated rings. The van der Waals surface area contributed by atoms with Gasteiger partial charge < -0.3 is 11.1 Å². The molecule has 0 aromatic carbocycles. The highest BCUT2D eigenvalue weighted by Gasteiger charge is 1.98. The van der Waals surface area contributed by atoms with Gasteiger partial charge in [0.2, 0.25) is 5.91 Å². The van der Waals surface area contributed by atoms with E-state index in [2.05, 4.69) is 12.2 Å². The van der Waals surface area contributed by atoms with Gasteiger partial charge in [-0.2, -0.15) is 11.8 Å². The summed E-state index contributed by atoms with van der Waals surface area (Å²) in [6, 6.07) is 0. The number of carbonyl (C=O) groups excluding carboxylic acids is 1. The van der Waals surface area contributed by atoms with Crippen molar-refractivity contribution < 1.29 is 4.79 Å². The molecule has 3 nitrogen and oxygen atoms in total. The standard InChI is InChI=1S/C6H14N2OS/c1-5(10-2)3-8-4-6(7)9/h5,8H,3-4H2,1-2H3,(H2,7,9). The van der Waals surface area contributed by atoms with E-state index in [1.165, 1.54) is 0 Å². The number of hydrogen-bond acceptors (Lipinski definition) is 3. The summed E-state index contributed by atoms with van der Waals surface area (Å²) in [6.45, 7) is 3.22. The highest BCUT2D eigenvalue weighted by Crippen LogP contribution is 2.01. The first kappa shape index (κ1) is 9.78. The molecule has 4 heteroatoms. The second kappa shape index (κ2) is 5.56. The van der Waals surface area contributed by atoms with E-state index in [0.717, 1.165) is 6.54 Å². The van der Waals surface area contributed by atoms with Crippen LogP contribution in [0.2, 0.25) is 0 Å². The number of thioether (sulfide) groups is 1. The Morgan fingerprint density at radius 2 is 2.40 bits per heavy atom. The minimum Gasteiger partial charge on any atom is -0.369 e. The molecule has 0 aliphatic heterocycles. The lowest BCUT2D eigenvalue weighted by Crippen LogP contribution is -2.32. The molecule has 0 aliphatic carbocycles. The Kier molecular flexibility index (Phi) is 5.43. The molecular weight excluding hydrogens is 148 g/mol. The topological polar surface area (TPSA) is 55.1 Å². The molecule has 1 atom stereocenters. The lowest BCUT2D eigenvalue weighted by atomic mass is 10.4. The first-order chi connectivity index (χ1) is 4.66. The van der Waals surface area contributed by atoms with Crippen molar-refractivity contribution in [3.63, 3.8) is 0 Å². The molecule has 0 aliphatic rings. The van der Waals surface area contributed by atoms with Crippen molar-refractivity contribution in [3.8, 4) is 0 Å². The molecule has 0 saturated heterocycles. The zero-order chi connectivity index (χ0) is 7.98. The summed E-state index contributed by atoms with van der Waals surface area (Å²) in [7, 11) is 0. The van der Waals surface area contributed by atoms with Crippen molar-refractivity contribution in [1.29, 1.82) is 0 Å². The largest absolute Gasteiger partial charge is 0.369 e. The molecule has 0 aromatic heterocycles. The van der Waals surface area contributed by atoms with Crippen molar-refractivity contribution in [2.45, 2.75) is 12.2 Å². The van der Waals surface area contributed by atoms with Crippen LogP contribution in [-0.2, 0) is 4.79 Å². The van der Waals surface area contributed by atoms with Crippen LogP contribution in [0.1, 0.15) is 6.92 Å². The summed E-state index contributed by atoms with van der Waals surface area (Å²) in [5, 5.41) is 3.48. The maximum absolute atomic E-state index is 10.2. The van der Waals surface area contributed by atoms with Crippen LogP contribution in [0.25, 0.3) is 0 Å². The smallest absolute Gasteiger partial charge is 0.231 e. The monoisotopic (exact) mass is 162 g/mol. The fourth-order valence-electron chi connectivity index (χ4n) is 0.482. The van der Waals surface area contributed by atoms with Gasteiger partial charge in [-0.05, 0) is 6.26 Å². The Morgan fingerprint density at radius 3 is 2.80 bits per heavy atom. The minimum atomic E-state index is -0.298. The summed E-state index contributed by atoms with van der Waals surface area (Å²) in [6.07, 6.45) is 2.04. The van der Waals surface area contributed by atoms with Gasteiger partial charge in [0.15, 0.2) is 0 Å². The predicted octanol–water partition coefficient (Wildman–Crippen LogP) is -0.187. The summed E-state index contributed by atoms with van der Waals surface area (Å²) in [5.41, 5.74) is 4.91. The molecule has 1 unspecified atom stereocenters. The van der Waals surface area contributed by atoms with Crippen LogP contribution in [0.3, 0.4) is 0 Å². The Balaban J connectivity index is 3.11. The molecule has 0 rings (SSSR count). The van der Waals surface area contributed by atoms with Crippen molar-refractivity contribution >= 4 is 17.7 Å². The molecule has 0 radical (unpaired) electrons. The van der Waals surface area contributed by atoms with Crippen LogP contribution >= 0.6 is 11.8 Å². The van der Waals surface area contributed by atoms with Gasteiger partial charge in [-0.3, -0.25) is 4.79 Å². The number of carbonyl (C=O) groups is 1. The third-order valence-corrected chi connectivity index (χ3v) is 2.10. The van der Waals surface area contributed by atoms with Crippen LogP contribution < -0.4 is 11.1 Å². The van der Waals surface area contributed by atoms with Crippen molar-refractivity contribution in [2.24, 2.45) is 5.73 Å². The summed E-state index contributed by atoms with van der Waals surface area (Å²) in [4.78, 5) is 10.2. The number of primary amides is 1. The van der Waals surface area contributed by atoms with E-state index in [0.29, 0.717) is 5.25 Å². The molecule has 0 heterocycles. The lowest BCUT2D eigenvalue weighted by Gasteiger charge is -2.07. The van der Waals surface area contributed by atoms with Gasteiger partial charge in [0.1, 0.15) is 0 Å². The first-order valence-electron chi connectivity index (χ1n) is 3.18. The summed E-state index contributed by atoms with van der Waals surface area (Å²) < 4.78 is 0. The number of nitrogens with one attached hydrogen (secondary N) is 1. The molecule has 60 valence electrons. The third kappa shape index (κ3) is 5.91. The minimum absolute atomic E-state index is 0.283. The van der Waals surface area contributed by atoms with Crippen LogP contribution in [0, 0.1) is 0 Å². The van der Waals surface area contributed by atoms with Crippen LogP contribution in [0.15, 0.2) is 0 Å². The molecule has 3 N–H and O–H groups in total. The molecule has 0 aromatic rings. The van der Waals surface area contributed by atoms with Gasteiger partial charge in [-0.15, -0.1) is 0 Å². The quantitative estimate of drug-likeness (QED) is 0.589. The number of amides is 1. The summed E-state index contributed by atoms with van der Waals surface area (Å²) >= 11 is 1.76. The second-order valence-electron chi connectivity index (χ2n) is 2.14. The van der Waals surface area contributed by atoms with E-state index in [1.807, 2.05) is 6.26 Å². The van der Waals surface area contributed by atoms with Crippen LogP contribution in [0.4, 0.5) is 0 Å². The number of nitrogens with two attached hydrogens (primary N) is 1. The van der Waals surface area contributed by atoms with Crippen LogP contribution in [0.5, 0.6) is 0 Å². The first-order valence-corrected chi connectivity index (χ1v) is 4.47. The van der Waals surface area contributed by atoms with E-state index >= 15 is 0 Å². The van der Waals surface area contributed by atoms with E-state index in [-0.39, 0.29) is 12.5 Å². The van der Waals surface area contributed by atoms with Gasteiger partial charge in [0.05, 0.1) is 6.54 Å². The zero-order valence-electron chi connectivity index (χ0n) is 6.39. The Bertz CT molecular complexity index is 108. The normalized spacial score (nSPS) is 13.0. The average Bonchev–Trinajstić information content (AvgIpc) is 1.87. The Labute approximate surface area is 65.7 Å². The SMILES string of the molecule is CSC(C)CNCC(N)=O. The lowest BCUT2D eigenvalue weighted by molar-refractivity contribution is -0.117. The maximum atomic E-state index is 10.2. The highest BCUT2D eigenvalue weighted by molar-refractivity contribution is 7.99.